The van der Waals surface area contributed by atoms with Gasteiger partial charge in [0.1, 0.15) is 5.78 Å². The van der Waals surface area contributed by atoms with Gasteiger partial charge in [-0.1, -0.05) is 13.8 Å². The molecule has 0 fully saturated rings. The number of carbonyl (C=O) groups is 2. The van der Waals surface area contributed by atoms with E-state index in [1.165, 1.54) is 0 Å². The Labute approximate surface area is 97.7 Å². The van der Waals surface area contributed by atoms with Crippen molar-refractivity contribution in [2.45, 2.75) is 40.0 Å². The molecule has 0 bridgehead atoms. The van der Waals surface area contributed by atoms with Crippen LogP contribution in [0.3, 0.4) is 0 Å². The van der Waals surface area contributed by atoms with Crippen LogP contribution in [0.1, 0.15) is 40.0 Å². The summed E-state index contributed by atoms with van der Waals surface area (Å²) in [6.07, 6.45) is 1.55. The van der Waals surface area contributed by atoms with Crippen LogP contribution in [0.25, 0.3) is 0 Å². The second-order valence-corrected chi connectivity index (χ2v) is 4.02. The van der Waals surface area contributed by atoms with Crippen molar-refractivity contribution < 1.29 is 14.3 Å². The molecule has 0 spiro atoms. The van der Waals surface area contributed by atoms with Crippen LogP contribution in [-0.4, -0.2) is 31.4 Å². The maximum Gasteiger partial charge on any atom is 0.220 e. The van der Waals surface area contributed by atoms with Gasteiger partial charge in [0, 0.05) is 31.9 Å². The Morgan fingerprint density at radius 1 is 1.25 bits per heavy atom. The summed E-state index contributed by atoms with van der Waals surface area (Å²) >= 11 is 0. The lowest BCUT2D eigenvalue weighted by Gasteiger charge is -2.06. The van der Waals surface area contributed by atoms with Gasteiger partial charge in [-0.05, 0) is 13.3 Å². The van der Waals surface area contributed by atoms with Crippen molar-refractivity contribution in [3.05, 3.63) is 0 Å². The highest BCUT2D eigenvalue weighted by molar-refractivity contribution is 5.81. The maximum atomic E-state index is 11.3. The second kappa shape index (κ2) is 9.33. The quantitative estimate of drug-likeness (QED) is 0.610. The molecule has 4 nitrogen and oxygen atoms in total. The van der Waals surface area contributed by atoms with Gasteiger partial charge >= 0.3 is 0 Å². The van der Waals surface area contributed by atoms with Gasteiger partial charge in [0.15, 0.2) is 0 Å². The minimum atomic E-state index is -0.00346. The van der Waals surface area contributed by atoms with Crippen LogP contribution in [0.4, 0.5) is 0 Å². The van der Waals surface area contributed by atoms with Crippen LogP contribution < -0.4 is 5.32 Å². The first-order valence-electron chi connectivity index (χ1n) is 5.95. The normalized spacial score (nSPS) is 10.5. The molecule has 0 aromatic carbocycles. The first kappa shape index (κ1) is 15.1. The summed E-state index contributed by atoms with van der Waals surface area (Å²) in [5.74, 6) is 0.291. The number of hydrogen-bond donors (Lipinski definition) is 1. The number of rotatable bonds is 9. The zero-order valence-electron chi connectivity index (χ0n) is 10.5. The Morgan fingerprint density at radius 2 is 1.94 bits per heavy atom. The Bertz CT molecular complexity index is 214. The Morgan fingerprint density at radius 3 is 2.50 bits per heavy atom. The molecule has 0 aromatic heterocycles. The molecule has 0 rings (SSSR count). The number of Topliss-reactive ketones (excluding diaryl/α,β-unsaturated/α-hetero) is 1. The van der Waals surface area contributed by atoms with Crippen LogP contribution >= 0.6 is 0 Å². The zero-order chi connectivity index (χ0) is 12.4. The molecule has 0 aromatic rings. The minimum Gasteiger partial charge on any atom is -0.380 e. The fourth-order valence-electron chi connectivity index (χ4n) is 1.21. The van der Waals surface area contributed by atoms with Gasteiger partial charge in [-0.25, -0.2) is 0 Å². The number of carbonyl (C=O) groups excluding carboxylic acids is 2. The highest BCUT2D eigenvalue weighted by Gasteiger charge is 2.08. The third kappa shape index (κ3) is 8.41. The zero-order valence-corrected chi connectivity index (χ0v) is 10.5. The summed E-state index contributed by atoms with van der Waals surface area (Å²) in [5, 5.41) is 2.75. The lowest BCUT2D eigenvalue weighted by Crippen LogP contribution is -2.27. The molecule has 0 saturated carbocycles. The van der Waals surface area contributed by atoms with E-state index in [9.17, 15) is 9.59 Å². The van der Waals surface area contributed by atoms with Crippen molar-refractivity contribution in [3.63, 3.8) is 0 Å². The molecule has 4 heteroatoms. The fraction of sp³-hybridized carbons (Fsp3) is 0.833. The van der Waals surface area contributed by atoms with Gasteiger partial charge in [-0.15, -0.1) is 0 Å². The highest BCUT2D eigenvalue weighted by Crippen LogP contribution is 2.03. The van der Waals surface area contributed by atoms with Gasteiger partial charge in [-0.2, -0.15) is 0 Å². The maximum absolute atomic E-state index is 11.3. The van der Waals surface area contributed by atoms with Gasteiger partial charge < -0.3 is 10.1 Å². The molecule has 0 radical (unpaired) electrons. The Hall–Kier alpha value is -0.900. The van der Waals surface area contributed by atoms with Crippen LogP contribution in [0.5, 0.6) is 0 Å². The molecule has 0 aliphatic carbocycles. The summed E-state index contributed by atoms with van der Waals surface area (Å²) < 4.78 is 5.09. The summed E-state index contributed by atoms with van der Waals surface area (Å²) in [6, 6.07) is 0. The van der Waals surface area contributed by atoms with E-state index >= 15 is 0 Å². The molecular formula is C12H23NO3. The topological polar surface area (TPSA) is 55.4 Å². The van der Waals surface area contributed by atoms with Crippen LogP contribution in [-0.2, 0) is 14.3 Å². The largest absolute Gasteiger partial charge is 0.380 e. The molecule has 16 heavy (non-hydrogen) atoms. The first-order chi connectivity index (χ1) is 7.57. The highest BCUT2D eigenvalue weighted by atomic mass is 16.5. The van der Waals surface area contributed by atoms with Crippen molar-refractivity contribution in [2.75, 3.05) is 19.8 Å². The number of ketones is 1. The molecular weight excluding hydrogens is 206 g/mol. The monoisotopic (exact) mass is 229 g/mol. The van der Waals surface area contributed by atoms with Crippen LogP contribution in [0, 0.1) is 5.92 Å². The van der Waals surface area contributed by atoms with Crippen molar-refractivity contribution in [1.29, 1.82) is 0 Å². The van der Waals surface area contributed by atoms with Gasteiger partial charge in [0.05, 0.1) is 6.61 Å². The standard InChI is InChI=1S/C12H23NO3/c1-4-16-9-8-13-12(15)7-5-6-11(14)10(2)3/h10H,4-9H2,1-3H3,(H,13,15). The number of hydrogen-bond acceptors (Lipinski definition) is 3. The Kier molecular flexibility index (Phi) is 8.81. The summed E-state index contributed by atoms with van der Waals surface area (Å²) in [6.45, 7) is 7.44. The molecule has 0 aliphatic heterocycles. The van der Waals surface area contributed by atoms with Crippen molar-refractivity contribution >= 4 is 11.7 Å². The van der Waals surface area contributed by atoms with E-state index in [0.29, 0.717) is 39.0 Å². The van der Waals surface area contributed by atoms with E-state index in [-0.39, 0.29) is 17.6 Å². The minimum absolute atomic E-state index is 0.00346. The molecule has 0 atom stereocenters. The van der Waals surface area contributed by atoms with E-state index < -0.39 is 0 Å². The average molecular weight is 229 g/mol. The number of nitrogens with one attached hydrogen (secondary N) is 1. The molecule has 0 heterocycles. The molecule has 0 unspecified atom stereocenters. The van der Waals surface area contributed by atoms with E-state index in [4.69, 9.17) is 4.74 Å². The van der Waals surface area contributed by atoms with Crippen molar-refractivity contribution in [1.82, 2.24) is 5.32 Å². The van der Waals surface area contributed by atoms with E-state index in [0.717, 1.165) is 0 Å². The average Bonchev–Trinajstić information content (AvgIpc) is 2.24. The Balaban J connectivity index is 3.40. The third-order valence-electron chi connectivity index (χ3n) is 2.24. The summed E-state index contributed by atoms with van der Waals surface area (Å²) in [4.78, 5) is 22.6. The van der Waals surface area contributed by atoms with E-state index in [1.807, 2.05) is 20.8 Å². The first-order valence-corrected chi connectivity index (χ1v) is 5.95. The molecule has 94 valence electrons. The molecule has 1 N–H and O–H groups in total. The molecule has 1 amide bonds. The van der Waals surface area contributed by atoms with Gasteiger partial charge in [0.2, 0.25) is 5.91 Å². The molecule has 0 aliphatic rings. The summed E-state index contributed by atoms with van der Waals surface area (Å²) in [7, 11) is 0. The lowest BCUT2D eigenvalue weighted by atomic mass is 10.0. The van der Waals surface area contributed by atoms with Crippen LogP contribution in [0.15, 0.2) is 0 Å². The van der Waals surface area contributed by atoms with E-state index in [1.54, 1.807) is 0 Å². The predicted octanol–water partition coefficient (Wildman–Crippen LogP) is 1.53. The smallest absolute Gasteiger partial charge is 0.220 e. The summed E-state index contributed by atoms with van der Waals surface area (Å²) in [5.41, 5.74) is 0. The lowest BCUT2D eigenvalue weighted by molar-refractivity contribution is -0.123. The predicted molar refractivity (Wildman–Crippen MR) is 63.2 cm³/mol. The number of amides is 1. The number of ether oxygens (including phenoxy) is 1. The van der Waals surface area contributed by atoms with Crippen molar-refractivity contribution in [2.24, 2.45) is 5.92 Å². The molecule has 0 saturated heterocycles. The second-order valence-electron chi connectivity index (χ2n) is 4.02. The van der Waals surface area contributed by atoms with Gasteiger partial charge in [0.25, 0.3) is 0 Å². The fourth-order valence-corrected chi connectivity index (χ4v) is 1.21. The SMILES string of the molecule is CCOCCNC(=O)CCCC(=O)C(C)C. The van der Waals surface area contributed by atoms with Crippen molar-refractivity contribution in [3.8, 4) is 0 Å². The van der Waals surface area contributed by atoms with E-state index in [2.05, 4.69) is 5.32 Å². The third-order valence-corrected chi connectivity index (χ3v) is 2.24. The van der Waals surface area contributed by atoms with Crippen LogP contribution in [0.2, 0.25) is 0 Å². The van der Waals surface area contributed by atoms with Gasteiger partial charge in [-0.3, -0.25) is 9.59 Å².